The summed E-state index contributed by atoms with van der Waals surface area (Å²) in [7, 11) is 1.88. The molecule has 0 heterocycles. The third-order valence-corrected chi connectivity index (χ3v) is 3.14. The van der Waals surface area contributed by atoms with E-state index in [0.717, 1.165) is 0 Å². The summed E-state index contributed by atoms with van der Waals surface area (Å²) in [6, 6.07) is 0. The SMILES string of the molecule is C/C=C\C(=NC)C(C)(C)CC(C)(C)CC. The fraction of sp³-hybridized carbons (Fsp3) is 0.786. The van der Waals surface area contributed by atoms with Gasteiger partial charge in [0.2, 0.25) is 0 Å². The minimum Gasteiger partial charge on any atom is -0.293 e. The lowest BCUT2D eigenvalue weighted by molar-refractivity contribution is 0.244. The third-order valence-electron chi connectivity index (χ3n) is 3.14. The standard InChI is InChI=1S/C14H27N/c1-8-10-12(15-7)14(5,6)11-13(3,4)9-2/h8,10H,9,11H2,1-7H3/b10-8-,15-12?. The lowest BCUT2D eigenvalue weighted by atomic mass is 9.71. The van der Waals surface area contributed by atoms with Gasteiger partial charge in [0.15, 0.2) is 0 Å². The highest BCUT2D eigenvalue weighted by Crippen LogP contribution is 2.37. The van der Waals surface area contributed by atoms with Crippen LogP contribution < -0.4 is 0 Å². The van der Waals surface area contributed by atoms with E-state index in [0.29, 0.717) is 5.41 Å². The van der Waals surface area contributed by atoms with Crippen LogP contribution in [-0.4, -0.2) is 12.8 Å². The largest absolute Gasteiger partial charge is 0.293 e. The van der Waals surface area contributed by atoms with Gasteiger partial charge in [-0.3, -0.25) is 4.99 Å². The minimum absolute atomic E-state index is 0.167. The zero-order valence-electron chi connectivity index (χ0n) is 11.5. The molecular weight excluding hydrogens is 182 g/mol. The Bertz CT molecular complexity index is 244. The molecule has 1 nitrogen and oxygen atoms in total. The van der Waals surface area contributed by atoms with E-state index in [4.69, 9.17) is 0 Å². The average molecular weight is 209 g/mol. The Morgan fingerprint density at radius 1 is 1.20 bits per heavy atom. The molecule has 0 aromatic heterocycles. The van der Waals surface area contributed by atoms with E-state index < -0.39 is 0 Å². The Morgan fingerprint density at radius 3 is 2.07 bits per heavy atom. The number of nitrogens with zero attached hydrogens (tertiary/aromatic N) is 1. The molecule has 0 aliphatic carbocycles. The second-order valence-corrected chi connectivity index (χ2v) is 5.69. The molecule has 88 valence electrons. The lowest BCUT2D eigenvalue weighted by Gasteiger charge is -2.34. The number of aliphatic imine (C=N–C) groups is 1. The van der Waals surface area contributed by atoms with Crippen molar-refractivity contribution in [2.24, 2.45) is 15.8 Å². The topological polar surface area (TPSA) is 12.4 Å². The first-order chi connectivity index (χ1) is 6.79. The van der Waals surface area contributed by atoms with Crippen molar-refractivity contribution in [3.05, 3.63) is 12.2 Å². The van der Waals surface area contributed by atoms with Crippen molar-refractivity contribution < 1.29 is 0 Å². The molecule has 0 saturated carbocycles. The van der Waals surface area contributed by atoms with Gasteiger partial charge in [-0.2, -0.15) is 0 Å². The maximum atomic E-state index is 4.40. The van der Waals surface area contributed by atoms with Crippen LogP contribution in [0.1, 0.15) is 54.4 Å². The second kappa shape index (κ2) is 5.48. The fourth-order valence-electron chi connectivity index (χ4n) is 2.17. The van der Waals surface area contributed by atoms with E-state index in [1.807, 2.05) is 14.0 Å². The van der Waals surface area contributed by atoms with E-state index in [9.17, 15) is 0 Å². The molecular formula is C14H27N. The second-order valence-electron chi connectivity index (χ2n) is 5.69. The Balaban J connectivity index is 4.81. The molecule has 0 rings (SSSR count). The molecule has 0 aromatic rings. The Morgan fingerprint density at radius 2 is 1.73 bits per heavy atom. The van der Waals surface area contributed by atoms with Crippen LogP contribution in [0.5, 0.6) is 0 Å². The highest BCUT2D eigenvalue weighted by molar-refractivity contribution is 5.99. The van der Waals surface area contributed by atoms with Crippen LogP contribution >= 0.6 is 0 Å². The van der Waals surface area contributed by atoms with Crippen molar-refractivity contribution in [1.29, 1.82) is 0 Å². The predicted molar refractivity (Wildman–Crippen MR) is 70.6 cm³/mol. The third kappa shape index (κ3) is 4.63. The lowest BCUT2D eigenvalue weighted by Crippen LogP contribution is -2.29. The van der Waals surface area contributed by atoms with Crippen LogP contribution in [0.4, 0.5) is 0 Å². The molecule has 0 spiro atoms. The molecule has 0 bridgehead atoms. The summed E-state index contributed by atoms with van der Waals surface area (Å²) in [5, 5.41) is 0. The van der Waals surface area contributed by atoms with Crippen LogP contribution in [0.2, 0.25) is 0 Å². The number of allylic oxidation sites excluding steroid dienone is 2. The molecule has 0 atom stereocenters. The van der Waals surface area contributed by atoms with Gasteiger partial charge in [0.1, 0.15) is 0 Å². The van der Waals surface area contributed by atoms with Gasteiger partial charge in [0, 0.05) is 18.2 Å². The first-order valence-corrected chi connectivity index (χ1v) is 5.89. The molecule has 0 N–H and O–H groups in total. The van der Waals surface area contributed by atoms with Gasteiger partial charge in [-0.1, -0.05) is 47.1 Å². The first-order valence-electron chi connectivity index (χ1n) is 5.89. The zero-order valence-corrected chi connectivity index (χ0v) is 11.5. The van der Waals surface area contributed by atoms with Gasteiger partial charge in [-0.15, -0.1) is 0 Å². The van der Waals surface area contributed by atoms with E-state index in [2.05, 4.69) is 51.8 Å². The molecule has 0 fully saturated rings. The molecule has 0 aliphatic rings. The normalized spacial score (nSPS) is 15.0. The van der Waals surface area contributed by atoms with E-state index in [1.165, 1.54) is 18.6 Å². The summed E-state index contributed by atoms with van der Waals surface area (Å²) in [6.45, 7) is 13.5. The van der Waals surface area contributed by atoms with E-state index >= 15 is 0 Å². The van der Waals surface area contributed by atoms with E-state index in [1.54, 1.807) is 0 Å². The molecule has 1 heteroatoms. The zero-order chi connectivity index (χ0) is 12.1. The van der Waals surface area contributed by atoms with Gasteiger partial charge in [-0.05, 0) is 24.8 Å². The highest BCUT2D eigenvalue weighted by Gasteiger charge is 2.30. The van der Waals surface area contributed by atoms with Gasteiger partial charge in [-0.25, -0.2) is 0 Å². The molecule has 0 radical (unpaired) electrons. The van der Waals surface area contributed by atoms with Gasteiger partial charge in [0.05, 0.1) is 0 Å². The first kappa shape index (κ1) is 14.4. The van der Waals surface area contributed by atoms with Gasteiger partial charge in [0.25, 0.3) is 0 Å². The highest BCUT2D eigenvalue weighted by atomic mass is 14.7. The summed E-state index contributed by atoms with van der Waals surface area (Å²) in [5.41, 5.74) is 1.76. The summed E-state index contributed by atoms with van der Waals surface area (Å²) in [6.07, 6.45) is 6.59. The maximum Gasteiger partial charge on any atom is 0.0397 e. The minimum atomic E-state index is 0.167. The molecule has 0 aliphatic heterocycles. The average Bonchev–Trinajstić information content (AvgIpc) is 2.12. The summed E-state index contributed by atoms with van der Waals surface area (Å²) in [5.74, 6) is 0. The van der Waals surface area contributed by atoms with Crippen LogP contribution in [-0.2, 0) is 0 Å². The summed E-state index contributed by atoms with van der Waals surface area (Å²) >= 11 is 0. The quantitative estimate of drug-likeness (QED) is 0.592. The number of rotatable bonds is 5. The Labute approximate surface area is 95.7 Å². The van der Waals surface area contributed by atoms with Crippen molar-refractivity contribution >= 4 is 5.71 Å². The monoisotopic (exact) mass is 209 g/mol. The Kier molecular flexibility index (Phi) is 5.27. The van der Waals surface area contributed by atoms with Crippen molar-refractivity contribution in [3.8, 4) is 0 Å². The Hall–Kier alpha value is -0.590. The van der Waals surface area contributed by atoms with Crippen molar-refractivity contribution in [2.75, 3.05) is 7.05 Å². The summed E-state index contributed by atoms with van der Waals surface area (Å²) in [4.78, 5) is 4.40. The van der Waals surface area contributed by atoms with Gasteiger partial charge < -0.3 is 0 Å². The van der Waals surface area contributed by atoms with Crippen molar-refractivity contribution in [1.82, 2.24) is 0 Å². The summed E-state index contributed by atoms with van der Waals surface area (Å²) < 4.78 is 0. The smallest absolute Gasteiger partial charge is 0.0397 e. The maximum absolute atomic E-state index is 4.40. The van der Waals surface area contributed by atoms with E-state index in [-0.39, 0.29) is 5.41 Å². The van der Waals surface area contributed by atoms with Gasteiger partial charge >= 0.3 is 0 Å². The number of hydrogen-bond acceptors (Lipinski definition) is 1. The molecule has 0 aromatic carbocycles. The molecule has 15 heavy (non-hydrogen) atoms. The van der Waals surface area contributed by atoms with Crippen LogP contribution in [0.25, 0.3) is 0 Å². The van der Waals surface area contributed by atoms with Crippen LogP contribution in [0.3, 0.4) is 0 Å². The van der Waals surface area contributed by atoms with Crippen molar-refractivity contribution in [2.45, 2.75) is 54.4 Å². The van der Waals surface area contributed by atoms with Crippen molar-refractivity contribution in [3.63, 3.8) is 0 Å². The van der Waals surface area contributed by atoms with Crippen LogP contribution in [0, 0.1) is 10.8 Å². The molecule has 0 unspecified atom stereocenters. The van der Waals surface area contributed by atoms with Crippen LogP contribution in [0.15, 0.2) is 17.1 Å². The fourth-order valence-corrected chi connectivity index (χ4v) is 2.17. The number of hydrogen-bond donors (Lipinski definition) is 0. The molecule has 0 amide bonds. The molecule has 0 saturated heterocycles. The predicted octanol–water partition coefficient (Wildman–Crippen LogP) is 4.49.